The smallest absolute Gasteiger partial charge is 0.251 e. The van der Waals surface area contributed by atoms with Gasteiger partial charge >= 0.3 is 0 Å². The maximum atomic E-state index is 12.5. The zero-order valence-corrected chi connectivity index (χ0v) is 18.2. The molecular formula is C25H30N4O. The minimum absolute atomic E-state index is 0.0336. The molecule has 5 nitrogen and oxygen atoms in total. The van der Waals surface area contributed by atoms with E-state index in [1.54, 1.807) is 0 Å². The minimum Gasteiger partial charge on any atom is -0.351 e. The van der Waals surface area contributed by atoms with Crippen molar-refractivity contribution in [1.82, 2.24) is 20.4 Å². The quantitative estimate of drug-likeness (QED) is 0.479. The van der Waals surface area contributed by atoms with Crippen molar-refractivity contribution >= 4 is 5.91 Å². The van der Waals surface area contributed by atoms with Gasteiger partial charge in [0.05, 0.1) is 11.4 Å². The van der Waals surface area contributed by atoms with Crippen LogP contribution in [-0.2, 0) is 6.42 Å². The van der Waals surface area contributed by atoms with Crippen molar-refractivity contribution in [3.63, 3.8) is 0 Å². The van der Waals surface area contributed by atoms with Crippen LogP contribution in [0.5, 0.6) is 0 Å². The Morgan fingerprint density at radius 1 is 1.07 bits per heavy atom. The Hall–Kier alpha value is -2.92. The standard InChI is InChI=1S/C25H30N4O/c1-16(2)29(17(3)4)14-13-26-25(30)19-11-9-18(10-12-19)23-22-15-20-7-5-6-8-21(20)24(22)28-27-23/h5-12,16-17H,13-15H2,1-4H3,(H,26,30)(H,27,28). The van der Waals surface area contributed by atoms with Crippen LogP contribution in [0.3, 0.4) is 0 Å². The van der Waals surface area contributed by atoms with Crippen LogP contribution in [0.1, 0.15) is 49.2 Å². The number of benzene rings is 2. The predicted octanol–water partition coefficient (Wildman–Crippen LogP) is 4.50. The van der Waals surface area contributed by atoms with Crippen LogP contribution in [0.15, 0.2) is 48.5 Å². The van der Waals surface area contributed by atoms with E-state index < -0.39 is 0 Å². The number of hydrogen-bond acceptors (Lipinski definition) is 3. The summed E-state index contributed by atoms with van der Waals surface area (Å²) >= 11 is 0. The number of hydrogen-bond donors (Lipinski definition) is 2. The Morgan fingerprint density at radius 3 is 2.47 bits per heavy atom. The van der Waals surface area contributed by atoms with Crippen molar-refractivity contribution in [2.75, 3.05) is 13.1 Å². The van der Waals surface area contributed by atoms with Gasteiger partial charge in [0.25, 0.3) is 5.91 Å². The zero-order valence-electron chi connectivity index (χ0n) is 18.2. The van der Waals surface area contributed by atoms with Gasteiger partial charge in [-0.2, -0.15) is 5.10 Å². The zero-order chi connectivity index (χ0) is 21.3. The predicted molar refractivity (Wildman–Crippen MR) is 122 cm³/mol. The summed E-state index contributed by atoms with van der Waals surface area (Å²) in [4.78, 5) is 14.9. The van der Waals surface area contributed by atoms with Gasteiger partial charge in [-0.1, -0.05) is 36.4 Å². The first-order chi connectivity index (χ1) is 14.5. The molecule has 0 atom stereocenters. The lowest BCUT2D eigenvalue weighted by atomic mass is 10.0. The van der Waals surface area contributed by atoms with E-state index in [2.05, 4.69) is 72.4 Å². The van der Waals surface area contributed by atoms with Crippen LogP contribution < -0.4 is 5.32 Å². The molecule has 0 radical (unpaired) electrons. The number of nitrogens with one attached hydrogen (secondary N) is 2. The third-order valence-electron chi connectivity index (χ3n) is 5.92. The molecule has 2 N–H and O–H groups in total. The molecule has 0 saturated carbocycles. The van der Waals surface area contributed by atoms with Crippen LogP contribution in [0.25, 0.3) is 22.5 Å². The lowest BCUT2D eigenvalue weighted by molar-refractivity contribution is 0.0939. The van der Waals surface area contributed by atoms with E-state index >= 15 is 0 Å². The topological polar surface area (TPSA) is 61.0 Å². The molecule has 0 spiro atoms. The Kier molecular flexibility index (Phi) is 5.73. The molecule has 0 saturated heterocycles. The number of carbonyl (C=O) groups excluding carboxylic acids is 1. The number of carbonyl (C=O) groups is 1. The number of nitrogens with zero attached hydrogens (tertiary/aromatic N) is 2. The highest BCUT2D eigenvalue weighted by atomic mass is 16.1. The van der Waals surface area contributed by atoms with Gasteiger partial charge in [0, 0.05) is 53.8 Å². The Morgan fingerprint density at radius 2 is 1.77 bits per heavy atom. The minimum atomic E-state index is -0.0336. The van der Waals surface area contributed by atoms with Gasteiger partial charge in [-0.05, 0) is 45.4 Å². The van der Waals surface area contributed by atoms with Gasteiger partial charge in [-0.3, -0.25) is 14.8 Å². The molecule has 4 rings (SSSR count). The number of aromatic amines is 1. The molecule has 0 bridgehead atoms. The fourth-order valence-corrected chi connectivity index (χ4v) is 4.40. The lowest BCUT2D eigenvalue weighted by Gasteiger charge is -2.30. The molecule has 1 heterocycles. The summed E-state index contributed by atoms with van der Waals surface area (Å²) in [6.45, 7) is 10.2. The average molecular weight is 403 g/mol. The van der Waals surface area contributed by atoms with Crippen molar-refractivity contribution in [2.24, 2.45) is 0 Å². The van der Waals surface area contributed by atoms with Crippen molar-refractivity contribution in [3.05, 3.63) is 65.2 Å². The molecule has 0 fully saturated rings. The first kappa shape index (κ1) is 20.4. The molecular weight excluding hydrogens is 372 g/mol. The monoisotopic (exact) mass is 402 g/mol. The average Bonchev–Trinajstić information content (AvgIpc) is 3.30. The van der Waals surface area contributed by atoms with Crippen LogP contribution in [0, 0.1) is 0 Å². The van der Waals surface area contributed by atoms with Crippen molar-refractivity contribution < 1.29 is 4.79 Å². The molecule has 1 aliphatic carbocycles. The number of aromatic nitrogens is 2. The number of amides is 1. The highest BCUT2D eigenvalue weighted by Crippen LogP contribution is 2.39. The Bertz CT molecular complexity index is 1030. The number of fused-ring (bicyclic) bond motifs is 3. The van der Waals surface area contributed by atoms with Gasteiger partial charge in [0.15, 0.2) is 0 Å². The maximum absolute atomic E-state index is 12.5. The molecule has 1 aromatic heterocycles. The first-order valence-corrected chi connectivity index (χ1v) is 10.8. The summed E-state index contributed by atoms with van der Waals surface area (Å²) in [5.41, 5.74) is 7.59. The van der Waals surface area contributed by atoms with Crippen molar-refractivity contribution in [2.45, 2.75) is 46.2 Å². The maximum Gasteiger partial charge on any atom is 0.251 e. The van der Waals surface area contributed by atoms with E-state index in [4.69, 9.17) is 0 Å². The highest BCUT2D eigenvalue weighted by molar-refractivity contribution is 5.94. The van der Waals surface area contributed by atoms with E-state index in [0.717, 1.165) is 29.9 Å². The van der Waals surface area contributed by atoms with Crippen molar-refractivity contribution in [1.29, 1.82) is 0 Å². The molecule has 1 amide bonds. The molecule has 156 valence electrons. The van der Waals surface area contributed by atoms with Crippen LogP contribution in [0.2, 0.25) is 0 Å². The fourth-order valence-electron chi connectivity index (χ4n) is 4.40. The highest BCUT2D eigenvalue weighted by Gasteiger charge is 2.24. The molecule has 1 aliphatic rings. The fraction of sp³-hybridized carbons (Fsp3) is 0.360. The normalized spacial score (nSPS) is 12.5. The summed E-state index contributed by atoms with van der Waals surface area (Å²) < 4.78 is 0. The summed E-state index contributed by atoms with van der Waals surface area (Å²) in [5, 5.41) is 10.8. The second-order valence-corrected chi connectivity index (χ2v) is 8.52. The first-order valence-electron chi connectivity index (χ1n) is 10.8. The second-order valence-electron chi connectivity index (χ2n) is 8.52. The van der Waals surface area contributed by atoms with Crippen LogP contribution in [0.4, 0.5) is 0 Å². The molecule has 5 heteroatoms. The molecule has 2 aromatic carbocycles. The van der Waals surface area contributed by atoms with Crippen LogP contribution in [-0.4, -0.2) is 46.2 Å². The van der Waals surface area contributed by atoms with Gasteiger partial charge in [-0.15, -0.1) is 0 Å². The SMILES string of the molecule is CC(C)N(CCNC(=O)c1ccc(-c2n[nH]c3c2Cc2ccccc2-3)cc1)C(C)C. The third-order valence-corrected chi connectivity index (χ3v) is 5.92. The van der Waals surface area contributed by atoms with E-state index in [0.29, 0.717) is 24.2 Å². The summed E-state index contributed by atoms with van der Waals surface area (Å²) in [6, 6.07) is 17.1. The number of H-pyrrole nitrogens is 1. The van der Waals surface area contributed by atoms with Gasteiger partial charge in [-0.25, -0.2) is 0 Å². The van der Waals surface area contributed by atoms with Crippen molar-refractivity contribution in [3.8, 4) is 22.5 Å². The largest absolute Gasteiger partial charge is 0.351 e. The van der Waals surface area contributed by atoms with Crippen LogP contribution >= 0.6 is 0 Å². The Balaban J connectivity index is 1.42. The summed E-state index contributed by atoms with van der Waals surface area (Å²) in [7, 11) is 0. The molecule has 3 aromatic rings. The van der Waals surface area contributed by atoms with E-state index in [1.165, 1.54) is 16.7 Å². The van der Waals surface area contributed by atoms with E-state index in [9.17, 15) is 4.79 Å². The van der Waals surface area contributed by atoms with Gasteiger partial charge in [0.1, 0.15) is 0 Å². The third kappa shape index (κ3) is 3.90. The molecule has 0 aliphatic heterocycles. The molecule has 30 heavy (non-hydrogen) atoms. The van der Waals surface area contributed by atoms with E-state index in [1.807, 2.05) is 24.3 Å². The summed E-state index contributed by atoms with van der Waals surface area (Å²) in [5.74, 6) is -0.0336. The number of rotatable bonds is 7. The second kappa shape index (κ2) is 8.44. The van der Waals surface area contributed by atoms with Gasteiger partial charge in [0.2, 0.25) is 0 Å². The molecule has 0 unspecified atom stereocenters. The Labute approximate surface area is 178 Å². The summed E-state index contributed by atoms with van der Waals surface area (Å²) in [6.07, 6.45) is 0.891. The lowest BCUT2D eigenvalue weighted by Crippen LogP contribution is -2.42. The van der Waals surface area contributed by atoms with E-state index in [-0.39, 0.29) is 5.91 Å². The van der Waals surface area contributed by atoms with Gasteiger partial charge < -0.3 is 5.32 Å².